The molecule has 2 unspecified atom stereocenters. The molecule has 0 aromatic carbocycles. The first kappa shape index (κ1) is 10.6. The van der Waals surface area contributed by atoms with Crippen LogP contribution in [0, 0.1) is 6.92 Å². The molecule has 0 spiro atoms. The van der Waals surface area contributed by atoms with E-state index in [-0.39, 0.29) is 0 Å². The first-order chi connectivity index (χ1) is 7.15. The van der Waals surface area contributed by atoms with Gasteiger partial charge in [0.1, 0.15) is 0 Å². The van der Waals surface area contributed by atoms with Crippen molar-refractivity contribution < 1.29 is 4.42 Å². The van der Waals surface area contributed by atoms with E-state index in [0.717, 1.165) is 25.9 Å². The van der Waals surface area contributed by atoms with Crippen LogP contribution in [0.2, 0.25) is 0 Å². The molecule has 0 amide bonds. The maximum atomic E-state index is 5.91. The molecule has 1 aliphatic rings. The number of likely N-dealkylation sites (tertiary alicyclic amines) is 1. The smallest absolute Gasteiger partial charge is 0.230 e. The Morgan fingerprint density at radius 1 is 1.53 bits per heavy atom. The van der Waals surface area contributed by atoms with Crippen LogP contribution in [-0.2, 0) is 6.54 Å². The molecule has 1 fully saturated rings. The van der Waals surface area contributed by atoms with E-state index in [1.54, 1.807) is 0 Å². The summed E-state index contributed by atoms with van der Waals surface area (Å²) in [6, 6.07) is 0.849. The van der Waals surface area contributed by atoms with Crippen molar-refractivity contribution in [1.29, 1.82) is 0 Å². The van der Waals surface area contributed by atoms with Crippen molar-refractivity contribution >= 4 is 0 Å². The Balaban J connectivity index is 1.94. The van der Waals surface area contributed by atoms with Crippen molar-refractivity contribution in [2.75, 3.05) is 6.54 Å². The lowest BCUT2D eigenvalue weighted by atomic mass is 9.99. The molecule has 2 atom stereocenters. The average Bonchev–Trinajstić information content (AvgIpc) is 2.56. The van der Waals surface area contributed by atoms with Gasteiger partial charge in [0.2, 0.25) is 11.8 Å². The maximum Gasteiger partial charge on any atom is 0.230 e. The van der Waals surface area contributed by atoms with E-state index in [4.69, 9.17) is 10.2 Å². The van der Waals surface area contributed by atoms with Crippen molar-refractivity contribution in [3.63, 3.8) is 0 Å². The van der Waals surface area contributed by atoms with Crippen LogP contribution in [0.4, 0.5) is 0 Å². The Kier molecular flexibility index (Phi) is 3.02. The van der Waals surface area contributed by atoms with Crippen molar-refractivity contribution in [1.82, 2.24) is 15.1 Å². The van der Waals surface area contributed by atoms with Crippen LogP contribution < -0.4 is 5.73 Å². The monoisotopic (exact) mass is 210 g/mol. The van der Waals surface area contributed by atoms with Gasteiger partial charge in [0.25, 0.3) is 0 Å². The Labute approximate surface area is 89.6 Å². The van der Waals surface area contributed by atoms with Gasteiger partial charge in [-0.25, -0.2) is 0 Å². The summed E-state index contributed by atoms with van der Waals surface area (Å²) < 4.78 is 5.37. The van der Waals surface area contributed by atoms with Crippen molar-refractivity contribution in [3.05, 3.63) is 11.8 Å². The van der Waals surface area contributed by atoms with E-state index in [1.165, 1.54) is 0 Å². The summed E-state index contributed by atoms with van der Waals surface area (Å²) in [5.74, 6) is 1.33. The SMILES string of the molecule is Cc1nnc(CN2CCC(N)CC2C)o1. The van der Waals surface area contributed by atoms with E-state index in [2.05, 4.69) is 22.0 Å². The minimum absolute atomic E-state index is 0.348. The lowest BCUT2D eigenvalue weighted by Gasteiger charge is -2.35. The molecule has 2 heterocycles. The van der Waals surface area contributed by atoms with Gasteiger partial charge in [0, 0.05) is 25.6 Å². The second-order valence-corrected chi connectivity index (χ2v) is 4.32. The van der Waals surface area contributed by atoms with Crippen LogP contribution >= 0.6 is 0 Å². The molecule has 84 valence electrons. The van der Waals surface area contributed by atoms with Crippen LogP contribution in [0.5, 0.6) is 0 Å². The fraction of sp³-hybridized carbons (Fsp3) is 0.800. The summed E-state index contributed by atoms with van der Waals surface area (Å²) in [4.78, 5) is 2.34. The Morgan fingerprint density at radius 3 is 2.93 bits per heavy atom. The minimum atomic E-state index is 0.348. The van der Waals surface area contributed by atoms with Crippen LogP contribution in [-0.4, -0.2) is 33.7 Å². The Hall–Kier alpha value is -0.940. The van der Waals surface area contributed by atoms with E-state index in [1.807, 2.05) is 6.92 Å². The van der Waals surface area contributed by atoms with Gasteiger partial charge in [-0.3, -0.25) is 4.90 Å². The number of nitrogens with two attached hydrogens (primary N) is 1. The van der Waals surface area contributed by atoms with Crippen LogP contribution in [0.3, 0.4) is 0 Å². The first-order valence-corrected chi connectivity index (χ1v) is 5.44. The zero-order chi connectivity index (χ0) is 10.8. The van der Waals surface area contributed by atoms with Crippen molar-refractivity contribution in [2.45, 2.75) is 45.3 Å². The second kappa shape index (κ2) is 4.28. The van der Waals surface area contributed by atoms with Gasteiger partial charge in [-0.05, 0) is 19.8 Å². The zero-order valence-corrected chi connectivity index (χ0v) is 9.31. The molecule has 5 nitrogen and oxygen atoms in total. The topological polar surface area (TPSA) is 68.2 Å². The highest BCUT2D eigenvalue weighted by molar-refractivity contribution is 4.85. The molecule has 0 bridgehead atoms. The van der Waals surface area contributed by atoms with E-state index < -0.39 is 0 Å². The molecular formula is C10H18N4O. The van der Waals surface area contributed by atoms with Gasteiger partial charge in [-0.15, -0.1) is 10.2 Å². The Bertz CT molecular complexity index is 325. The molecule has 2 rings (SSSR count). The lowest BCUT2D eigenvalue weighted by Crippen LogP contribution is -2.45. The summed E-state index contributed by atoms with van der Waals surface area (Å²) in [5.41, 5.74) is 5.91. The summed E-state index contributed by atoms with van der Waals surface area (Å²) >= 11 is 0. The van der Waals surface area contributed by atoms with Gasteiger partial charge in [-0.2, -0.15) is 0 Å². The number of aromatic nitrogens is 2. The third-order valence-corrected chi connectivity index (χ3v) is 2.96. The highest BCUT2D eigenvalue weighted by atomic mass is 16.4. The maximum absolute atomic E-state index is 5.91. The third-order valence-electron chi connectivity index (χ3n) is 2.96. The number of aryl methyl sites for hydroxylation is 1. The van der Waals surface area contributed by atoms with E-state index >= 15 is 0 Å². The number of nitrogens with zero attached hydrogens (tertiary/aromatic N) is 3. The molecule has 5 heteroatoms. The van der Waals surface area contributed by atoms with E-state index in [0.29, 0.717) is 23.9 Å². The highest BCUT2D eigenvalue weighted by Gasteiger charge is 2.24. The predicted octanol–water partition coefficient (Wildman–Crippen LogP) is 0.690. The van der Waals surface area contributed by atoms with Crippen molar-refractivity contribution in [2.24, 2.45) is 5.73 Å². The molecule has 1 aromatic rings. The predicted molar refractivity (Wildman–Crippen MR) is 56.1 cm³/mol. The number of piperidine rings is 1. The first-order valence-electron chi connectivity index (χ1n) is 5.44. The van der Waals surface area contributed by atoms with Crippen LogP contribution in [0.1, 0.15) is 31.5 Å². The van der Waals surface area contributed by atoms with Crippen LogP contribution in [0.25, 0.3) is 0 Å². The number of hydrogen-bond donors (Lipinski definition) is 1. The molecule has 15 heavy (non-hydrogen) atoms. The highest BCUT2D eigenvalue weighted by Crippen LogP contribution is 2.18. The van der Waals surface area contributed by atoms with Crippen molar-refractivity contribution in [3.8, 4) is 0 Å². The lowest BCUT2D eigenvalue weighted by molar-refractivity contribution is 0.127. The fourth-order valence-electron chi connectivity index (χ4n) is 2.07. The van der Waals surface area contributed by atoms with E-state index in [9.17, 15) is 0 Å². The molecular weight excluding hydrogens is 192 g/mol. The molecule has 1 saturated heterocycles. The molecule has 2 N–H and O–H groups in total. The largest absolute Gasteiger partial charge is 0.424 e. The molecule has 1 aromatic heterocycles. The third kappa shape index (κ3) is 2.54. The minimum Gasteiger partial charge on any atom is -0.424 e. The number of rotatable bonds is 2. The standard InChI is InChI=1S/C10H18N4O/c1-7-5-9(11)3-4-14(7)6-10-13-12-8(2)15-10/h7,9H,3-6,11H2,1-2H3. The summed E-state index contributed by atoms with van der Waals surface area (Å²) in [6.45, 7) is 5.77. The van der Waals surface area contributed by atoms with Crippen LogP contribution in [0.15, 0.2) is 4.42 Å². The van der Waals surface area contributed by atoms with Gasteiger partial charge < -0.3 is 10.2 Å². The van der Waals surface area contributed by atoms with Gasteiger partial charge in [-0.1, -0.05) is 0 Å². The quantitative estimate of drug-likeness (QED) is 0.777. The summed E-state index contributed by atoms with van der Waals surface area (Å²) in [6.07, 6.45) is 2.10. The summed E-state index contributed by atoms with van der Waals surface area (Å²) in [5, 5.41) is 7.83. The summed E-state index contributed by atoms with van der Waals surface area (Å²) in [7, 11) is 0. The zero-order valence-electron chi connectivity index (χ0n) is 9.31. The molecule has 0 saturated carbocycles. The van der Waals surface area contributed by atoms with Gasteiger partial charge in [0.05, 0.1) is 6.54 Å². The fourth-order valence-corrected chi connectivity index (χ4v) is 2.07. The second-order valence-electron chi connectivity index (χ2n) is 4.32. The average molecular weight is 210 g/mol. The normalized spacial score (nSPS) is 28.2. The van der Waals surface area contributed by atoms with Gasteiger partial charge >= 0.3 is 0 Å². The molecule has 1 aliphatic heterocycles. The Morgan fingerprint density at radius 2 is 2.33 bits per heavy atom. The number of hydrogen-bond acceptors (Lipinski definition) is 5. The molecule has 0 aliphatic carbocycles. The molecule has 0 radical (unpaired) electrons. The van der Waals surface area contributed by atoms with Gasteiger partial charge in [0.15, 0.2) is 0 Å².